The maximum atomic E-state index is 9.59. The van der Waals surface area contributed by atoms with Crippen LogP contribution in [0.2, 0.25) is 0 Å². The van der Waals surface area contributed by atoms with E-state index in [1.165, 1.54) is 49.1 Å². The van der Waals surface area contributed by atoms with E-state index in [2.05, 4.69) is 66.7 Å². The van der Waals surface area contributed by atoms with E-state index in [-0.39, 0.29) is 139 Å². The molecule has 0 aliphatic rings. The molecule has 26 aromatic rings. The molecule has 0 atom stereocenters. The van der Waals surface area contributed by atoms with Crippen molar-refractivity contribution in [3.63, 3.8) is 0 Å². The second-order valence-electron chi connectivity index (χ2n) is 31.7. The van der Waals surface area contributed by atoms with Gasteiger partial charge < -0.3 is 13.3 Å². The van der Waals surface area contributed by atoms with Crippen molar-refractivity contribution in [3.05, 3.63) is 473 Å². The summed E-state index contributed by atoms with van der Waals surface area (Å²) < 4.78 is 300. The Bertz CT molecular complexity index is 9750. The zero-order valence-corrected chi connectivity index (χ0v) is 73.0. The van der Waals surface area contributed by atoms with Crippen LogP contribution in [0.5, 0.6) is 0 Å². The average Bonchev–Trinajstić information content (AvgIpc) is 1.06. The number of benzene rings is 23. The lowest BCUT2D eigenvalue weighted by Crippen LogP contribution is -1.90. The molecule has 0 N–H and O–H groups in total. The zero-order valence-electron chi connectivity index (χ0n) is 116. The molecule has 694 valence electrons. The summed E-state index contributed by atoms with van der Waals surface area (Å²) in [5.41, 5.74) is 18.9. The Morgan fingerprint density at radius 1 is 0.168 bits per heavy atom. The van der Waals surface area contributed by atoms with Crippen molar-refractivity contribution in [2.75, 3.05) is 0 Å². The van der Waals surface area contributed by atoms with Gasteiger partial charge in [-0.15, -0.1) is 0 Å². The van der Waals surface area contributed by atoms with Crippen molar-refractivity contribution in [3.8, 4) is 111 Å². The average molecular weight is 1840 g/mol. The molecule has 0 spiro atoms. The number of hydrogen-bond donors (Lipinski definition) is 0. The topological polar surface area (TPSA) is 39.4 Å². The van der Waals surface area contributed by atoms with Gasteiger partial charge in [-0.25, -0.2) is 0 Å². The Labute approximate surface area is 871 Å². The molecule has 0 amide bonds. The molecule has 3 aromatic heterocycles. The lowest BCUT2D eigenvalue weighted by Gasteiger charge is -2.17. The summed E-state index contributed by atoms with van der Waals surface area (Å²) in [6.07, 6.45) is 0. The van der Waals surface area contributed by atoms with Crippen LogP contribution in [0.3, 0.4) is 0 Å². The fourth-order valence-electron chi connectivity index (χ4n) is 18.8. The lowest BCUT2D eigenvalue weighted by molar-refractivity contribution is 0.669. The maximum Gasteiger partial charge on any atom is 0.143 e. The number of furan rings is 3. The van der Waals surface area contributed by atoms with Crippen LogP contribution in [-0.4, -0.2) is 0 Å². The van der Waals surface area contributed by atoms with Crippen molar-refractivity contribution in [1.82, 2.24) is 0 Å². The highest BCUT2D eigenvalue weighted by Gasteiger charge is 2.24. The fourth-order valence-corrected chi connectivity index (χ4v) is 18.8. The number of para-hydroxylation sites is 2. The molecule has 0 aliphatic carbocycles. The molecule has 3 heteroatoms. The summed E-state index contributed by atoms with van der Waals surface area (Å²) in [5, 5.41) is 16.2. The van der Waals surface area contributed by atoms with Gasteiger partial charge in [0.1, 0.15) is 33.5 Å². The van der Waals surface area contributed by atoms with Crippen molar-refractivity contribution in [2.45, 2.75) is 74.1 Å². The SMILES string of the molecule is C.C.C.C.C.[2H]C.[2H]C.[2H]C.[2H]C.[2H]C.[2H][2H].[2H][2H].[2H][2H].[2H][2H].[2H][2H].[2H][2H].[2H][2H].[2H][2H].[2H][2H].[2H][2H].[2H][2H].[2H]c1c(-c2c3ccccc3c(-c3ccccc3)c3ccccc23)c([2H])c2c(oc3c(-c4ccccc4)cccc32)c1[2H].[2H]c1cc2c(-c3ccccc3)c3cc([2H])c([2H])cc3c(-c3cc([2H])c4oc5c(-c6ccc7ccccc7c6)cccc5c4c3)c2cc1[2H].[2H]c1ccc([2H])c(-c2cc([2H])c(-c3ccc4c(c3)oc3ccc(-c5c6c([2H])ccc([2H])c6c(-c6ccccc6)c6c([2H])ccc([2H])c56)cc34)cc2[2H])c1. The van der Waals surface area contributed by atoms with E-state index in [1.807, 2.05) is 224 Å². The summed E-state index contributed by atoms with van der Waals surface area (Å²) in [4.78, 5) is 0. The van der Waals surface area contributed by atoms with E-state index < -0.39 is 0 Å². The number of rotatable bonds is 10. The third-order valence-corrected chi connectivity index (χ3v) is 24.5. The Morgan fingerprint density at radius 3 is 1.07 bits per heavy atom. The monoisotopic (exact) mass is 1840 g/mol. The van der Waals surface area contributed by atoms with Gasteiger partial charge >= 0.3 is 0 Å². The highest BCUT2D eigenvalue weighted by Crippen LogP contribution is 2.51. The molecule has 0 saturated heterocycles. The quantitative estimate of drug-likeness (QED) is 0.128. The molecule has 0 saturated carbocycles. The molecular weight excluding hydrogens is 1660 g/mol. The van der Waals surface area contributed by atoms with Crippen molar-refractivity contribution < 1.29 is 74.7 Å². The normalized spacial score (nSPS) is 13.3. The lowest BCUT2D eigenvalue weighted by atomic mass is 9.86. The first kappa shape index (κ1) is 62.6. The third-order valence-electron chi connectivity index (χ3n) is 24.5. The van der Waals surface area contributed by atoms with Gasteiger partial charge in [0, 0.05) is 83.0 Å². The molecule has 0 aliphatic heterocycles. The molecule has 0 unspecified atom stereocenters. The van der Waals surface area contributed by atoms with Gasteiger partial charge in [-0.05, 0) is 230 Å². The summed E-state index contributed by atoms with van der Waals surface area (Å²) in [7, 11) is 6.25. The number of hydrogen-bond acceptors (Lipinski definition) is 3. The molecule has 3 heterocycles. The summed E-state index contributed by atoms with van der Waals surface area (Å²) in [6.45, 7) is 0. The fraction of sp³-hybridized carbons (Fsp3) is 0.0746. The molecule has 26 rings (SSSR count). The van der Waals surface area contributed by atoms with E-state index in [0.717, 1.165) is 153 Å². The van der Waals surface area contributed by atoms with Crippen LogP contribution in [0.1, 0.15) is 136 Å². The van der Waals surface area contributed by atoms with Crippen molar-refractivity contribution >= 4 is 141 Å². The Morgan fingerprint density at radius 2 is 0.540 bits per heavy atom. The molecule has 3 nitrogen and oxygen atoms in total. The molecule has 0 fully saturated rings. The maximum absolute atomic E-state index is 9.59. The standard InChI is InChI=1S/C44H28O.C42H26O.C38H24O.10CH4.11H2/c1-3-11-29(12-4-1)30-19-21-31(22-20-30)33-23-25-35-40-27-34(24-26-41(40)45-42(35)28-33)44-38-17-9-7-15-36(38)43(32-13-5-2-6-14-32)37-16-8-10-18-39(37)44;1-2-12-28(13-3-1)40-33-15-6-8-17-35(33)41(36-18-9-7-16-34(36)40)31-23-24-39-38(26-31)37-20-10-19-32(42(37)43-39)30-22-21-27-11-4-5-14-29(27)25-30;1-3-12-25(13-4-1)28-20-11-21-33-34-24-27(22-23-35(34)39-38(28)33)37-31-18-9-7-16-29(31)36(26-14-5-2-6-15-26)30-17-8-10-19-32(30)37;;;;;;;;;;;;;;;;;;;;;/h1-28H;1-26H;1-24H;10*1H4;11*1H/i3D,12D,15D,16D,17D,18D,19D,22D;6D,7D,8D,9D,24D;22D,23D,24D;5*1D;;;;;;11*1+1D. The Hall–Kier alpha value is -16.7. The van der Waals surface area contributed by atoms with E-state index >= 15 is 0 Å². The van der Waals surface area contributed by atoms with Crippen LogP contribution < -0.4 is 0 Å². The zero-order chi connectivity index (χ0) is 130. The molecule has 137 heavy (non-hydrogen) atoms. The van der Waals surface area contributed by atoms with Gasteiger partial charge in [-0.1, -0.05) is 492 Å². The van der Waals surface area contributed by atoms with Crippen LogP contribution in [-0.2, 0) is 0 Å². The predicted molar refractivity (Wildman–Crippen MR) is 629 cm³/mol. The molecular formula is C134H140O3. The minimum Gasteiger partial charge on any atom is -0.456 e. The molecule has 0 bridgehead atoms. The molecule has 23 aromatic carbocycles. The first-order chi connectivity index (χ1) is 85.6. The summed E-state index contributed by atoms with van der Waals surface area (Å²) in [6, 6.07) is 122. The minimum absolute atomic E-state index is 0. The van der Waals surface area contributed by atoms with E-state index in [4.69, 9.17) is 70.6 Å². The van der Waals surface area contributed by atoms with E-state index in [1.54, 1.807) is 72.8 Å². The van der Waals surface area contributed by atoms with Crippen LogP contribution in [0.4, 0.5) is 0 Å². The first-order valence-electron chi connectivity index (χ1n) is 66.2. The van der Waals surface area contributed by atoms with Crippen LogP contribution in [0, 0.1) is 0 Å². The largest absolute Gasteiger partial charge is 0.456 e. The second-order valence-corrected chi connectivity index (χ2v) is 31.7. The van der Waals surface area contributed by atoms with Gasteiger partial charge in [0.2, 0.25) is 0 Å². The third kappa shape index (κ3) is 16.9. The van der Waals surface area contributed by atoms with E-state index in [0.29, 0.717) is 93.8 Å². The minimum atomic E-state index is -0.00786. The smallest absolute Gasteiger partial charge is 0.143 e. The van der Waals surface area contributed by atoms with Gasteiger partial charge in [0.15, 0.2) is 0 Å². The Balaban J connectivity index is 0.000000614. The van der Waals surface area contributed by atoms with Crippen molar-refractivity contribution in [1.29, 1.82) is 0 Å². The highest BCUT2D eigenvalue weighted by atomic mass is 16.3. The first-order valence-corrected chi connectivity index (χ1v) is 42.2. The Kier molecular flexibility index (Phi) is 18.6. The molecule has 0 radical (unpaired) electrons. The summed E-state index contributed by atoms with van der Waals surface area (Å²) >= 11 is 0. The van der Waals surface area contributed by atoms with Crippen LogP contribution in [0.15, 0.2) is 486 Å². The number of fused-ring (bicyclic) bond motifs is 16. The van der Waals surface area contributed by atoms with Crippen LogP contribution >= 0.6 is 0 Å². The van der Waals surface area contributed by atoms with Crippen molar-refractivity contribution in [2.24, 2.45) is 0 Å². The van der Waals surface area contributed by atoms with Crippen LogP contribution in [0.25, 0.3) is 252 Å². The highest BCUT2D eigenvalue weighted by molar-refractivity contribution is 6.26. The van der Waals surface area contributed by atoms with Gasteiger partial charge in [0.25, 0.3) is 0 Å². The van der Waals surface area contributed by atoms with Gasteiger partial charge in [-0.3, -0.25) is 0 Å². The van der Waals surface area contributed by atoms with E-state index in [9.17, 15) is 4.11 Å². The van der Waals surface area contributed by atoms with Gasteiger partial charge in [-0.2, -0.15) is 0 Å². The predicted octanol–water partition coefficient (Wildman–Crippen LogP) is 44.6. The van der Waals surface area contributed by atoms with Gasteiger partial charge in [0.05, 0.1) is 21.9 Å². The second kappa shape index (κ2) is 40.8. The summed E-state index contributed by atoms with van der Waals surface area (Å²) in [5.74, 6) is 0.